The van der Waals surface area contributed by atoms with E-state index in [4.69, 9.17) is 4.74 Å². The summed E-state index contributed by atoms with van der Waals surface area (Å²) in [5.41, 5.74) is 5.70. The number of aryl methyl sites for hydroxylation is 1. The largest absolute Gasteiger partial charge is 0.480 e. The fraction of sp³-hybridized carbons (Fsp3) is 0.222. The second kappa shape index (κ2) is 10.4. The number of nitrogens with one attached hydrogen (secondary N) is 2. The lowest BCUT2D eigenvalue weighted by Gasteiger charge is -2.22. The highest BCUT2D eigenvalue weighted by atomic mass is 16.5. The molecule has 0 bridgehead atoms. The molecule has 1 unspecified atom stereocenters. The van der Waals surface area contributed by atoms with Gasteiger partial charge in [-0.1, -0.05) is 78.4 Å². The Hall–Kier alpha value is -4.17. The van der Waals surface area contributed by atoms with Gasteiger partial charge in [0.15, 0.2) is 0 Å². The zero-order valence-corrected chi connectivity index (χ0v) is 19.1. The van der Waals surface area contributed by atoms with Crippen molar-refractivity contribution >= 4 is 18.0 Å². The Labute approximate surface area is 202 Å². The number of aliphatic hydroxyl groups is 1. The van der Waals surface area contributed by atoms with Crippen LogP contribution in [0.25, 0.3) is 11.1 Å². The fourth-order valence-corrected chi connectivity index (χ4v) is 4.26. The summed E-state index contributed by atoms with van der Waals surface area (Å²) in [6, 6.07) is 20.1. The van der Waals surface area contributed by atoms with Gasteiger partial charge >= 0.3 is 12.1 Å². The number of fused-ring (bicyclic) bond motifs is 3. The minimum atomic E-state index is -1.50. The van der Waals surface area contributed by atoms with Crippen molar-refractivity contribution < 1.29 is 29.3 Å². The molecule has 0 spiro atoms. The van der Waals surface area contributed by atoms with E-state index >= 15 is 0 Å². The van der Waals surface area contributed by atoms with Gasteiger partial charge in [-0.2, -0.15) is 0 Å². The molecule has 3 aromatic rings. The van der Waals surface area contributed by atoms with Gasteiger partial charge in [0.2, 0.25) is 5.91 Å². The Balaban J connectivity index is 1.50. The van der Waals surface area contributed by atoms with Gasteiger partial charge in [-0.15, -0.1) is 0 Å². The quantitative estimate of drug-likeness (QED) is 0.398. The van der Waals surface area contributed by atoms with Crippen molar-refractivity contribution in [3.8, 4) is 11.1 Å². The van der Waals surface area contributed by atoms with Gasteiger partial charge in [0.1, 0.15) is 18.7 Å². The molecule has 8 heteroatoms. The number of benzene rings is 3. The highest BCUT2D eigenvalue weighted by molar-refractivity contribution is 5.90. The third kappa shape index (κ3) is 5.17. The molecule has 8 nitrogen and oxygen atoms in total. The summed E-state index contributed by atoms with van der Waals surface area (Å²) in [4.78, 5) is 36.9. The van der Waals surface area contributed by atoms with Crippen LogP contribution in [0.15, 0.2) is 72.8 Å². The average molecular weight is 475 g/mol. The number of aliphatic hydroxyl groups excluding tert-OH is 1. The fourth-order valence-electron chi connectivity index (χ4n) is 4.26. The first-order valence-corrected chi connectivity index (χ1v) is 11.2. The first-order chi connectivity index (χ1) is 16.9. The second-order valence-electron chi connectivity index (χ2n) is 8.40. The standard InChI is InChI=1S/C27H26N2O6/c1-16-10-12-17(13-11-16)24(25(31)28-23(14-30)26(32)33)29-27(34)35-15-22-20-8-4-2-6-18(20)19-7-3-5-9-21(19)22/h2-13,22-24,30H,14-15H2,1H3,(H,28,31)(H,29,34)(H,32,33)/t23-,24?/m0/s1. The number of hydrogen-bond acceptors (Lipinski definition) is 5. The molecule has 0 saturated carbocycles. The van der Waals surface area contributed by atoms with Gasteiger partial charge in [-0.3, -0.25) is 4.79 Å². The van der Waals surface area contributed by atoms with Crippen LogP contribution in [0.5, 0.6) is 0 Å². The monoisotopic (exact) mass is 474 g/mol. The highest BCUT2D eigenvalue weighted by Gasteiger charge is 2.31. The SMILES string of the molecule is Cc1ccc(C(NC(=O)OCC2c3ccccc3-c3ccccc32)C(=O)N[C@@H](CO)C(=O)O)cc1. The number of carboxylic acid groups (broad SMARTS) is 1. The molecule has 0 aromatic heterocycles. The van der Waals surface area contributed by atoms with Gasteiger partial charge < -0.3 is 25.6 Å². The molecule has 180 valence electrons. The highest BCUT2D eigenvalue weighted by Crippen LogP contribution is 2.44. The molecule has 2 atom stereocenters. The van der Waals surface area contributed by atoms with Crippen LogP contribution >= 0.6 is 0 Å². The molecular weight excluding hydrogens is 448 g/mol. The lowest BCUT2D eigenvalue weighted by Crippen LogP contribution is -2.49. The maximum Gasteiger partial charge on any atom is 0.408 e. The van der Waals surface area contributed by atoms with Gasteiger partial charge in [0.25, 0.3) is 0 Å². The molecule has 0 aliphatic heterocycles. The molecule has 3 aromatic carbocycles. The first-order valence-electron chi connectivity index (χ1n) is 11.2. The molecule has 1 aliphatic carbocycles. The van der Waals surface area contributed by atoms with Crippen molar-refractivity contribution in [2.75, 3.05) is 13.2 Å². The molecule has 0 heterocycles. The minimum absolute atomic E-state index is 0.0660. The maximum atomic E-state index is 12.9. The summed E-state index contributed by atoms with van der Waals surface area (Å²) in [6.45, 7) is 1.16. The van der Waals surface area contributed by atoms with Crippen LogP contribution in [-0.2, 0) is 14.3 Å². The Morgan fingerprint density at radius 2 is 1.46 bits per heavy atom. The zero-order valence-electron chi connectivity index (χ0n) is 19.1. The predicted octanol–water partition coefficient (Wildman–Crippen LogP) is 3.14. The van der Waals surface area contributed by atoms with E-state index in [1.54, 1.807) is 24.3 Å². The van der Waals surface area contributed by atoms with Crippen molar-refractivity contribution in [1.29, 1.82) is 0 Å². The summed E-state index contributed by atoms with van der Waals surface area (Å²) in [6.07, 6.45) is -0.816. The van der Waals surface area contributed by atoms with Crippen LogP contribution in [0, 0.1) is 6.92 Å². The van der Waals surface area contributed by atoms with E-state index in [1.807, 2.05) is 55.5 Å². The molecule has 35 heavy (non-hydrogen) atoms. The lowest BCUT2D eigenvalue weighted by molar-refractivity contribution is -0.143. The van der Waals surface area contributed by atoms with E-state index in [9.17, 15) is 24.6 Å². The van der Waals surface area contributed by atoms with Crippen LogP contribution in [0.1, 0.15) is 34.2 Å². The molecule has 1 aliphatic rings. The summed E-state index contributed by atoms with van der Waals surface area (Å²) >= 11 is 0. The number of carboxylic acids is 1. The number of aliphatic carboxylic acids is 1. The van der Waals surface area contributed by atoms with Crippen LogP contribution < -0.4 is 10.6 Å². The molecule has 0 radical (unpaired) electrons. The number of amides is 2. The van der Waals surface area contributed by atoms with Gasteiger partial charge in [0.05, 0.1) is 6.61 Å². The molecule has 0 fully saturated rings. The van der Waals surface area contributed by atoms with Crippen molar-refractivity contribution in [3.63, 3.8) is 0 Å². The normalized spacial score (nSPS) is 13.8. The molecule has 4 rings (SSSR count). The Kier molecular flexibility index (Phi) is 7.12. The van der Waals surface area contributed by atoms with E-state index < -0.39 is 36.7 Å². The van der Waals surface area contributed by atoms with Crippen LogP contribution in [0.3, 0.4) is 0 Å². The second-order valence-corrected chi connectivity index (χ2v) is 8.40. The summed E-state index contributed by atoms with van der Waals surface area (Å²) in [7, 11) is 0. The minimum Gasteiger partial charge on any atom is -0.480 e. The Bertz CT molecular complexity index is 1190. The number of hydrogen-bond donors (Lipinski definition) is 4. The molecule has 0 saturated heterocycles. The topological polar surface area (TPSA) is 125 Å². The Morgan fingerprint density at radius 3 is 2.00 bits per heavy atom. The number of ether oxygens (including phenoxy) is 1. The number of rotatable bonds is 8. The van der Waals surface area contributed by atoms with Crippen molar-refractivity contribution in [3.05, 3.63) is 95.1 Å². The van der Waals surface area contributed by atoms with E-state index in [0.717, 1.165) is 27.8 Å². The Morgan fingerprint density at radius 1 is 0.886 bits per heavy atom. The zero-order chi connectivity index (χ0) is 24.9. The van der Waals surface area contributed by atoms with Gasteiger partial charge in [-0.05, 0) is 34.7 Å². The lowest BCUT2D eigenvalue weighted by atomic mass is 9.98. The summed E-state index contributed by atoms with van der Waals surface area (Å²) in [5, 5.41) is 23.2. The van der Waals surface area contributed by atoms with Gasteiger partial charge in [-0.25, -0.2) is 9.59 Å². The van der Waals surface area contributed by atoms with E-state index in [0.29, 0.717) is 5.56 Å². The number of carbonyl (C=O) groups is 3. The van der Waals surface area contributed by atoms with Crippen molar-refractivity contribution in [2.24, 2.45) is 0 Å². The van der Waals surface area contributed by atoms with Crippen LogP contribution in [0.4, 0.5) is 4.79 Å². The van der Waals surface area contributed by atoms with E-state index in [-0.39, 0.29) is 12.5 Å². The van der Waals surface area contributed by atoms with E-state index in [1.165, 1.54) is 0 Å². The molecule has 2 amide bonds. The van der Waals surface area contributed by atoms with Crippen LogP contribution in [0.2, 0.25) is 0 Å². The van der Waals surface area contributed by atoms with Crippen molar-refractivity contribution in [1.82, 2.24) is 10.6 Å². The summed E-state index contributed by atoms with van der Waals surface area (Å²) < 4.78 is 5.55. The molecular formula is C27H26N2O6. The van der Waals surface area contributed by atoms with Crippen molar-refractivity contribution in [2.45, 2.75) is 24.9 Å². The molecule has 4 N–H and O–H groups in total. The third-order valence-corrected chi connectivity index (χ3v) is 6.08. The number of carbonyl (C=O) groups excluding carboxylic acids is 2. The van der Waals surface area contributed by atoms with Gasteiger partial charge in [0, 0.05) is 5.92 Å². The van der Waals surface area contributed by atoms with E-state index in [2.05, 4.69) is 10.6 Å². The van der Waals surface area contributed by atoms with Crippen LogP contribution in [-0.4, -0.2) is 47.4 Å². The maximum absolute atomic E-state index is 12.9. The average Bonchev–Trinajstić information content (AvgIpc) is 3.18. The first kappa shape index (κ1) is 24.0. The smallest absolute Gasteiger partial charge is 0.408 e. The predicted molar refractivity (Wildman–Crippen MR) is 129 cm³/mol. The third-order valence-electron chi connectivity index (χ3n) is 6.08. The summed E-state index contributed by atoms with van der Waals surface area (Å²) in [5.74, 6) is -2.31. The number of alkyl carbamates (subject to hydrolysis) is 1.